The Morgan fingerprint density at radius 1 is 0.873 bits per heavy atom. The van der Waals surface area contributed by atoms with E-state index in [2.05, 4.69) is 5.32 Å². The Morgan fingerprint density at radius 3 is 2.42 bits per heavy atom. The van der Waals surface area contributed by atoms with Gasteiger partial charge in [-0.2, -0.15) is 0 Å². The summed E-state index contributed by atoms with van der Waals surface area (Å²) < 4.78 is 31.1. The molecule has 0 aromatic heterocycles. The van der Waals surface area contributed by atoms with E-state index in [1.54, 1.807) is 32.4 Å². The summed E-state index contributed by atoms with van der Waals surface area (Å²) in [4.78, 5) is 0. The summed E-state index contributed by atoms with van der Waals surface area (Å²) in [6, 6.07) is 18.6. The molecule has 1 saturated carbocycles. The molecule has 0 amide bonds. The highest BCUT2D eigenvalue weighted by Crippen LogP contribution is 2.52. The first-order valence-electron chi connectivity index (χ1n) is 19.7. The molecule has 0 radical (unpaired) electrons. The lowest BCUT2D eigenvalue weighted by Gasteiger charge is -2.45. The number of phenolic OH excluding ortho intramolecular Hbond substituents is 2. The molecule has 4 aromatic rings. The number of ether oxygens (including phenoxy) is 5. The van der Waals surface area contributed by atoms with E-state index < -0.39 is 30.1 Å². The van der Waals surface area contributed by atoms with E-state index in [1.165, 1.54) is 0 Å². The second-order valence-corrected chi connectivity index (χ2v) is 15.2. The van der Waals surface area contributed by atoms with Gasteiger partial charge in [-0.15, -0.1) is 0 Å². The van der Waals surface area contributed by atoms with Gasteiger partial charge < -0.3 is 49.4 Å². The van der Waals surface area contributed by atoms with Crippen molar-refractivity contribution in [2.45, 2.75) is 89.3 Å². The summed E-state index contributed by atoms with van der Waals surface area (Å²) in [7, 11) is 5.16. The van der Waals surface area contributed by atoms with Gasteiger partial charge in [0.1, 0.15) is 40.6 Å². The molecular weight excluding hydrogens is 698 g/mol. The van der Waals surface area contributed by atoms with Crippen molar-refractivity contribution >= 4 is 0 Å². The Bertz CT molecular complexity index is 1960. The van der Waals surface area contributed by atoms with Crippen molar-refractivity contribution in [2.24, 2.45) is 11.8 Å². The fourth-order valence-corrected chi connectivity index (χ4v) is 8.86. The second kappa shape index (κ2) is 17.1. The van der Waals surface area contributed by atoms with Gasteiger partial charge in [0.2, 0.25) is 0 Å². The lowest BCUT2D eigenvalue weighted by Crippen LogP contribution is -2.46. The van der Waals surface area contributed by atoms with E-state index in [0.717, 1.165) is 59.1 Å². The first kappa shape index (κ1) is 38.8. The summed E-state index contributed by atoms with van der Waals surface area (Å²) in [5.74, 6) is 1.83. The van der Waals surface area contributed by atoms with E-state index in [-0.39, 0.29) is 24.2 Å². The lowest BCUT2D eigenvalue weighted by molar-refractivity contribution is -0.0890. The Morgan fingerprint density at radius 2 is 1.69 bits per heavy atom. The van der Waals surface area contributed by atoms with E-state index in [0.29, 0.717) is 73.0 Å². The molecule has 5 atom stereocenters. The van der Waals surface area contributed by atoms with Crippen molar-refractivity contribution in [3.8, 4) is 45.6 Å². The average Bonchev–Trinajstić information content (AvgIpc) is 3.69. The predicted molar refractivity (Wildman–Crippen MR) is 210 cm³/mol. The largest absolute Gasteiger partial charge is 0.508 e. The van der Waals surface area contributed by atoms with Gasteiger partial charge in [-0.1, -0.05) is 19.1 Å². The molecule has 0 spiro atoms. The second-order valence-electron chi connectivity index (χ2n) is 15.2. The normalized spacial score (nSPS) is 22.0. The van der Waals surface area contributed by atoms with Crippen LogP contribution in [-0.4, -0.2) is 67.1 Å². The highest BCUT2D eigenvalue weighted by molar-refractivity contribution is 5.72. The number of benzene rings is 4. The van der Waals surface area contributed by atoms with Crippen molar-refractivity contribution < 1.29 is 44.1 Å². The number of phenols is 2. The van der Waals surface area contributed by atoms with Crippen LogP contribution in [0.4, 0.5) is 0 Å². The minimum absolute atomic E-state index is 0.0806. The SMILES string of the molecule is CCc1cc(-c2cccc(O)c2)c(Cc2cc(OC3CCCC3)cc3c2OC[C@H]([C@H]2[C@@H](CCCOC)Oc4cc(CNC)c(OC)cc4[C@@H]2O)[C@@H]3O)cc1O. The van der Waals surface area contributed by atoms with Crippen LogP contribution in [0.3, 0.4) is 0 Å². The van der Waals surface area contributed by atoms with Crippen LogP contribution in [0.25, 0.3) is 11.1 Å². The average molecular weight is 754 g/mol. The highest BCUT2D eigenvalue weighted by Gasteiger charge is 2.48. The number of fused-ring (bicyclic) bond motifs is 2. The zero-order chi connectivity index (χ0) is 38.6. The quantitative estimate of drug-likeness (QED) is 0.0821. The summed E-state index contributed by atoms with van der Waals surface area (Å²) in [5.41, 5.74) is 6.34. The van der Waals surface area contributed by atoms with Crippen molar-refractivity contribution in [2.75, 3.05) is 34.5 Å². The maximum Gasteiger partial charge on any atom is 0.128 e. The fraction of sp³-hybridized carbons (Fsp3) is 0.467. The van der Waals surface area contributed by atoms with Crippen LogP contribution in [0.5, 0.6) is 34.5 Å². The Kier molecular flexibility index (Phi) is 12.1. The van der Waals surface area contributed by atoms with Crippen LogP contribution < -0.4 is 24.3 Å². The van der Waals surface area contributed by atoms with Gasteiger partial charge in [-0.25, -0.2) is 0 Å². The number of nitrogens with one attached hydrogen (secondary N) is 1. The van der Waals surface area contributed by atoms with Crippen LogP contribution in [0, 0.1) is 11.8 Å². The predicted octanol–water partition coefficient (Wildman–Crippen LogP) is 7.55. The first-order valence-corrected chi connectivity index (χ1v) is 19.7. The molecule has 1 fully saturated rings. The number of aliphatic hydroxyl groups excluding tert-OH is 2. The lowest BCUT2D eigenvalue weighted by atomic mass is 9.72. The van der Waals surface area contributed by atoms with Crippen molar-refractivity contribution in [3.05, 3.63) is 94.0 Å². The van der Waals surface area contributed by atoms with Crippen LogP contribution in [0.15, 0.2) is 60.7 Å². The smallest absolute Gasteiger partial charge is 0.128 e. The van der Waals surface area contributed by atoms with Gasteiger partial charge in [0.05, 0.1) is 32.0 Å². The monoisotopic (exact) mass is 753 g/mol. The number of aryl methyl sites for hydroxylation is 1. The minimum atomic E-state index is -1.00. The van der Waals surface area contributed by atoms with E-state index in [4.69, 9.17) is 23.7 Å². The van der Waals surface area contributed by atoms with Gasteiger partial charge in [-0.05, 0) is 123 Å². The summed E-state index contributed by atoms with van der Waals surface area (Å²) in [6.07, 6.45) is 4.21. The molecule has 0 unspecified atom stereocenters. The number of aliphatic hydroxyl groups is 2. The standard InChI is InChI=1S/C45H55NO9/c1-5-26-19-34(27-10-8-11-31(47)17-27)28(20-38(26)48)16-29-18-33(54-32-12-6-7-13-32)22-36-43(49)37(25-53-45(29)36)42-39(14-9-15-51-3)55-41-21-30(24-46-2)40(52-4)23-35(41)44(42)50/h8,10-11,17-23,32,37,39,42-44,46-50H,5-7,9,12-16,24-25H2,1-4H3/t37-,39-,42+,43-,44+/m1/s1. The molecule has 2 aliphatic heterocycles. The molecule has 5 N–H and O–H groups in total. The maximum absolute atomic E-state index is 12.5. The van der Waals surface area contributed by atoms with Crippen LogP contribution in [0.1, 0.15) is 91.0 Å². The summed E-state index contributed by atoms with van der Waals surface area (Å²) in [6.45, 7) is 3.27. The van der Waals surface area contributed by atoms with Crippen molar-refractivity contribution in [3.63, 3.8) is 0 Å². The van der Waals surface area contributed by atoms with Gasteiger partial charge in [-0.3, -0.25) is 0 Å². The Balaban J connectivity index is 1.29. The van der Waals surface area contributed by atoms with Gasteiger partial charge in [0.25, 0.3) is 0 Å². The zero-order valence-corrected chi connectivity index (χ0v) is 32.3. The molecule has 0 bridgehead atoms. The molecule has 4 aromatic carbocycles. The van der Waals surface area contributed by atoms with Crippen molar-refractivity contribution in [1.29, 1.82) is 0 Å². The fourth-order valence-electron chi connectivity index (χ4n) is 8.86. The van der Waals surface area contributed by atoms with E-state index >= 15 is 0 Å². The number of hydrogen-bond acceptors (Lipinski definition) is 10. The third kappa shape index (κ3) is 8.10. The van der Waals surface area contributed by atoms with Gasteiger partial charge >= 0.3 is 0 Å². The zero-order valence-electron chi connectivity index (χ0n) is 32.3. The summed E-state index contributed by atoms with van der Waals surface area (Å²) in [5, 5.41) is 49.3. The molecule has 7 rings (SSSR count). The molecule has 294 valence electrons. The molecule has 10 heteroatoms. The highest BCUT2D eigenvalue weighted by atomic mass is 16.5. The van der Waals surface area contributed by atoms with Gasteiger partial charge in [0, 0.05) is 60.8 Å². The number of methoxy groups -OCH3 is 2. The number of aromatic hydroxyl groups is 2. The topological polar surface area (TPSA) is 139 Å². The molecule has 10 nitrogen and oxygen atoms in total. The number of rotatable bonds is 14. The molecule has 55 heavy (non-hydrogen) atoms. The molecule has 1 aliphatic carbocycles. The maximum atomic E-state index is 12.5. The molecular formula is C45H55NO9. The van der Waals surface area contributed by atoms with Crippen LogP contribution in [-0.2, 0) is 24.1 Å². The van der Waals surface area contributed by atoms with E-state index in [1.807, 2.05) is 56.4 Å². The first-order chi connectivity index (χ1) is 26.7. The van der Waals surface area contributed by atoms with Crippen LogP contribution in [0.2, 0.25) is 0 Å². The third-order valence-corrected chi connectivity index (χ3v) is 11.6. The Hall–Kier alpha value is -4.48. The Labute approximate surface area is 324 Å². The van der Waals surface area contributed by atoms with Gasteiger partial charge in [0.15, 0.2) is 0 Å². The molecule has 2 heterocycles. The molecule has 3 aliphatic rings. The van der Waals surface area contributed by atoms with E-state index in [9.17, 15) is 20.4 Å². The van der Waals surface area contributed by atoms with Crippen LogP contribution >= 0.6 is 0 Å². The third-order valence-electron chi connectivity index (χ3n) is 11.6. The molecule has 0 saturated heterocycles. The van der Waals surface area contributed by atoms with Crippen molar-refractivity contribution in [1.82, 2.24) is 5.32 Å². The summed E-state index contributed by atoms with van der Waals surface area (Å²) >= 11 is 0. The number of hydrogen-bond donors (Lipinski definition) is 5. The minimum Gasteiger partial charge on any atom is -0.508 e.